The maximum Gasteiger partial charge on any atom is 0.0991 e. The van der Waals surface area contributed by atoms with Crippen LogP contribution in [0.4, 0.5) is 0 Å². The van der Waals surface area contributed by atoms with E-state index in [1.807, 2.05) is 18.2 Å². The van der Waals surface area contributed by atoms with E-state index in [0.717, 1.165) is 5.56 Å². The lowest BCUT2D eigenvalue weighted by atomic mass is 10.0. The standard InChI is InChI=1S/C10H9N3.ClH/c11-5-4-10(13)9-3-1-2-8(6-9)7-12;/h1-3,6,10H,4,13H2;1H/t10-;/m1./s1. The van der Waals surface area contributed by atoms with Crippen LogP contribution in [0.2, 0.25) is 0 Å². The molecule has 0 saturated heterocycles. The predicted octanol–water partition coefficient (Wildman–Crippen LogP) is 1.89. The molecule has 0 radical (unpaired) electrons. The summed E-state index contributed by atoms with van der Waals surface area (Å²) in [7, 11) is 0. The summed E-state index contributed by atoms with van der Waals surface area (Å²) in [5.41, 5.74) is 7.11. The van der Waals surface area contributed by atoms with Gasteiger partial charge < -0.3 is 5.73 Å². The molecule has 0 aromatic heterocycles. The second kappa shape index (κ2) is 5.99. The van der Waals surface area contributed by atoms with Gasteiger partial charge in [-0.3, -0.25) is 0 Å². The fourth-order valence-corrected chi connectivity index (χ4v) is 1.06. The number of hydrogen-bond donors (Lipinski definition) is 1. The molecule has 0 aliphatic heterocycles. The normalized spacial score (nSPS) is 10.5. The van der Waals surface area contributed by atoms with Crippen LogP contribution >= 0.6 is 12.4 Å². The van der Waals surface area contributed by atoms with Crippen molar-refractivity contribution in [3.63, 3.8) is 0 Å². The zero-order valence-corrected chi connectivity index (χ0v) is 8.29. The Morgan fingerprint density at radius 1 is 1.36 bits per heavy atom. The van der Waals surface area contributed by atoms with Crippen molar-refractivity contribution in [2.75, 3.05) is 0 Å². The van der Waals surface area contributed by atoms with Gasteiger partial charge in [0.1, 0.15) is 0 Å². The van der Waals surface area contributed by atoms with Gasteiger partial charge in [-0.15, -0.1) is 12.4 Å². The number of benzene rings is 1. The highest BCUT2D eigenvalue weighted by Crippen LogP contribution is 2.14. The number of rotatable bonds is 2. The first-order chi connectivity index (χ1) is 6.27. The molecule has 0 amide bonds. The molecule has 1 aromatic rings. The van der Waals surface area contributed by atoms with E-state index in [-0.39, 0.29) is 24.9 Å². The molecule has 0 bridgehead atoms. The maximum atomic E-state index is 8.62. The van der Waals surface area contributed by atoms with Gasteiger partial charge in [0.2, 0.25) is 0 Å². The molecular weight excluding hydrogens is 198 g/mol. The number of nitrogens with zero attached hydrogens (tertiary/aromatic N) is 2. The van der Waals surface area contributed by atoms with Crippen molar-refractivity contribution >= 4 is 12.4 Å². The van der Waals surface area contributed by atoms with Gasteiger partial charge >= 0.3 is 0 Å². The van der Waals surface area contributed by atoms with Gasteiger partial charge in [0.05, 0.1) is 24.1 Å². The van der Waals surface area contributed by atoms with E-state index in [2.05, 4.69) is 0 Å². The predicted molar refractivity (Wildman–Crippen MR) is 55.6 cm³/mol. The summed E-state index contributed by atoms with van der Waals surface area (Å²) in [5, 5.41) is 17.0. The Kier molecular flexibility index (Phi) is 5.33. The lowest BCUT2D eigenvalue weighted by molar-refractivity contribution is 0.748. The molecule has 14 heavy (non-hydrogen) atoms. The maximum absolute atomic E-state index is 8.62. The molecule has 0 unspecified atom stereocenters. The summed E-state index contributed by atoms with van der Waals surface area (Å²) < 4.78 is 0. The Labute approximate surface area is 89.2 Å². The van der Waals surface area contributed by atoms with Crippen molar-refractivity contribution in [2.24, 2.45) is 5.73 Å². The minimum Gasteiger partial charge on any atom is -0.323 e. The van der Waals surface area contributed by atoms with Crippen molar-refractivity contribution in [2.45, 2.75) is 12.5 Å². The lowest BCUT2D eigenvalue weighted by Crippen LogP contribution is -2.09. The summed E-state index contributed by atoms with van der Waals surface area (Å²) in [5.74, 6) is 0. The monoisotopic (exact) mass is 207 g/mol. The highest BCUT2D eigenvalue weighted by Gasteiger charge is 2.04. The van der Waals surface area contributed by atoms with Crippen molar-refractivity contribution in [3.05, 3.63) is 35.4 Å². The van der Waals surface area contributed by atoms with Gasteiger partial charge in [0, 0.05) is 6.04 Å². The molecule has 0 aliphatic carbocycles. The molecule has 0 saturated carbocycles. The van der Waals surface area contributed by atoms with Crippen molar-refractivity contribution < 1.29 is 0 Å². The van der Waals surface area contributed by atoms with E-state index in [1.165, 1.54) is 0 Å². The summed E-state index contributed by atoms with van der Waals surface area (Å²) >= 11 is 0. The van der Waals surface area contributed by atoms with Gasteiger partial charge in [-0.05, 0) is 17.7 Å². The van der Waals surface area contributed by atoms with Gasteiger partial charge in [-0.1, -0.05) is 12.1 Å². The van der Waals surface area contributed by atoms with Crippen LogP contribution in [-0.4, -0.2) is 0 Å². The van der Waals surface area contributed by atoms with Gasteiger partial charge in [0.25, 0.3) is 0 Å². The Morgan fingerprint density at radius 2 is 2.07 bits per heavy atom. The molecule has 0 heterocycles. The molecule has 0 aliphatic rings. The molecule has 2 N–H and O–H groups in total. The average molecular weight is 208 g/mol. The Hall–Kier alpha value is -1.55. The minimum absolute atomic E-state index is 0. The smallest absolute Gasteiger partial charge is 0.0991 e. The molecule has 1 atom stereocenters. The molecule has 72 valence electrons. The number of halogens is 1. The molecular formula is C10H10ClN3. The van der Waals surface area contributed by atoms with E-state index in [1.54, 1.807) is 18.2 Å². The third kappa shape index (κ3) is 3.06. The molecule has 4 heteroatoms. The molecule has 3 nitrogen and oxygen atoms in total. The fraction of sp³-hybridized carbons (Fsp3) is 0.200. The van der Waals surface area contributed by atoms with Crippen molar-refractivity contribution in [3.8, 4) is 12.1 Å². The third-order valence-corrected chi connectivity index (χ3v) is 1.76. The highest BCUT2D eigenvalue weighted by atomic mass is 35.5. The fourth-order valence-electron chi connectivity index (χ4n) is 1.06. The zero-order chi connectivity index (χ0) is 9.68. The SMILES string of the molecule is Cl.N#CC[C@@H](N)c1cccc(C#N)c1. The molecule has 0 fully saturated rings. The topological polar surface area (TPSA) is 73.6 Å². The van der Waals surface area contributed by atoms with Crippen LogP contribution < -0.4 is 5.73 Å². The highest BCUT2D eigenvalue weighted by molar-refractivity contribution is 5.85. The van der Waals surface area contributed by atoms with Crippen LogP contribution in [0.1, 0.15) is 23.6 Å². The van der Waals surface area contributed by atoms with Crippen LogP contribution in [-0.2, 0) is 0 Å². The largest absolute Gasteiger partial charge is 0.323 e. The van der Waals surface area contributed by atoms with Crippen LogP contribution in [0.25, 0.3) is 0 Å². The summed E-state index contributed by atoms with van der Waals surface area (Å²) in [6.07, 6.45) is 0.273. The van der Waals surface area contributed by atoms with E-state index in [4.69, 9.17) is 16.3 Å². The molecule has 1 aromatic carbocycles. The van der Waals surface area contributed by atoms with Gasteiger partial charge in [-0.25, -0.2) is 0 Å². The summed E-state index contributed by atoms with van der Waals surface area (Å²) in [4.78, 5) is 0. The molecule has 1 rings (SSSR count). The summed E-state index contributed by atoms with van der Waals surface area (Å²) in [6, 6.07) is 10.7. The van der Waals surface area contributed by atoms with E-state index in [0.29, 0.717) is 5.56 Å². The molecule has 0 spiro atoms. The van der Waals surface area contributed by atoms with Crippen LogP contribution in [0.15, 0.2) is 24.3 Å². The van der Waals surface area contributed by atoms with E-state index < -0.39 is 0 Å². The minimum atomic E-state index is -0.293. The quantitative estimate of drug-likeness (QED) is 0.805. The zero-order valence-electron chi connectivity index (χ0n) is 7.47. The van der Waals surface area contributed by atoms with Crippen LogP contribution in [0.5, 0.6) is 0 Å². The van der Waals surface area contributed by atoms with Crippen LogP contribution in [0.3, 0.4) is 0 Å². The number of nitrogens with two attached hydrogens (primary N) is 1. The third-order valence-electron chi connectivity index (χ3n) is 1.76. The van der Waals surface area contributed by atoms with Crippen molar-refractivity contribution in [1.29, 1.82) is 10.5 Å². The Balaban J connectivity index is 0.00000169. The average Bonchev–Trinajstić information content (AvgIpc) is 2.18. The second-order valence-electron chi connectivity index (χ2n) is 2.71. The Morgan fingerprint density at radius 3 is 2.64 bits per heavy atom. The van der Waals surface area contributed by atoms with Crippen molar-refractivity contribution in [1.82, 2.24) is 0 Å². The lowest BCUT2D eigenvalue weighted by Gasteiger charge is -2.06. The van der Waals surface area contributed by atoms with Gasteiger partial charge in [0.15, 0.2) is 0 Å². The first kappa shape index (κ1) is 12.4. The summed E-state index contributed by atoms with van der Waals surface area (Å²) in [6.45, 7) is 0. The van der Waals surface area contributed by atoms with E-state index in [9.17, 15) is 0 Å². The first-order valence-corrected chi connectivity index (χ1v) is 3.90. The number of hydrogen-bond acceptors (Lipinski definition) is 3. The first-order valence-electron chi connectivity index (χ1n) is 3.90. The second-order valence-corrected chi connectivity index (χ2v) is 2.71. The number of nitriles is 2. The van der Waals surface area contributed by atoms with Crippen LogP contribution in [0, 0.1) is 22.7 Å². The van der Waals surface area contributed by atoms with E-state index >= 15 is 0 Å². The van der Waals surface area contributed by atoms with Gasteiger partial charge in [-0.2, -0.15) is 10.5 Å². The Bertz CT molecular complexity index is 376.